The summed E-state index contributed by atoms with van der Waals surface area (Å²) in [4.78, 5) is 27.0. The van der Waals surface area contributed by atoms with Gasteiger partial charge in [-0.15, -0.1) is 0 Å². The Bertz CT molecular complexity index is 455. The smallest absolute Gasteiger partial charge is 0.313 e. The topological polar surface area (TPSA) is 91.3 Å². The molecule has 2 rings (SSSR count). The summed E-state index contributed by atoms with van der Waals surface area (Å²) in [5.74, 6) is -1.50. The summed E-state index contributed by atoms with van der Waals surface area (Å²) in [7, 11) is 0. The molecule has 1 saturated carbocycles. The number of pyridine rings is 1. The fourth-order valence-corrected chi connectivity index (χ4v) is 2.16. The van der Waals surface area contributed by atoms with Crippen molar-refractivity contribution in [3.05, 3.63) is 24.5 Å². The summed E-state index contributed by atoms with van der Waals surface area (Å²) in [6.07, 6.45) is 6.26. The highest BCUT2D eigenvalue weighted by molar-refractivity contribution is 6.39. The third-order valence-corrected chi connectivity index (χ3v) is 3.24. The molecule has 1 aromatic rings. The molecule has 1 aliphatic rings. The summed E-state index contributed by atoms with van der Waals surface area (Å²) in [6.45, 7) is 0.117. The number of amides is 2. The SMILES string of the molecule is O=C(NCC1(O)CCCC1)C(=O)Nc1cccnc1. The first-order valence-electron chi connectivity index (χ1n) is 6.31. The second kappa shape index (κ2) is 5.79. The highest BCUT2D eigenvalue weighted by atomic mass is 16.3. The lowest BCUT2D eigenvalue weighted by Gasteiger charge is -2.21. The number of aromatic nitrogens is 1. The number of rotatable bonds is 3. The quantitative estimate of drug-likeness (QED) is 0.690. The number of nitrogens with zero attached hydrogens (tertiary/aromatic N) is 1. The monoisotopic (exact) mass is 263 g/mol. The Morgan fingerprint density at radius 2 is 2.05 bits per heavy atom. The van der Waals surface area contributed by atoms with Gasteiger partial charge >= 0.3 is 11.8 Å². The van der Waals surface area contributed by atoms with E-state index < -0.39 is 17.4 Å². The van der Waals surface area contributed by atoms with Crippen LogP contribution in [0.5, 0.6) is 0 Å². The molecule has 102 valence electrons. The molecule has 1 heterocycles. The van der Waals surface area contributed by atoms with Crippen molar-refractivity contribution in [3.63, 3.8) is 0 Å². The van der Waals surface area contributed by atoms with E-state index in [1.54, 1.807) is 18.3 Å². The third-order valence-electron chi connectivity index (χ3n) is 3.24. The summed E-state index contributed by atoms with van der Waals surface area (Å²) < 4.78 is 0. The van der Waals surface area contributed by atoms with E-state index in [1.165, 1.54) is 6.20 Å². The molecule has 0 atom stereocenters. The van der Waals surface area contributed by atoms with E-state index in [-0.39, 0.29) is 6.54 Å². The van der Waals surface area contributed by atoms with Gasteiger partial charge in [-0.2, -0.15) is 0 Å². The van der Waals surface area contributed by atoms with Crippen LogP contribution < -0.4 is 10.6 Å². The van der Waals surface area contributed by atoms with E-state index in [1.807, 2.05) is 0 Å². The molecule has 1 aliphatic carbocycles. The van der Waals surface area contributed by atoms with Gasteiger partial charge in [-0.05, 0) is 25.0 Å². The van der Waals surface area contributed by atoms with Crippen molar-refractivity contribution >= 4 is 17.5 Å². The van der Waals surface area contributed by atoms with Gasteiger partial charge in [0.25, 0.3) is 0 Å². The molecule has 19 heavy (non-hydrogen) atoms. The first-order chi connectivity index (χ1) is 9.09. The Morgan fingerprint density at radius 1 is 1.32 bits per heavy atom. The largest absolute Gasteiger partial charge is 0.388 e. The van der Waals surface area contributed by atoms with Crippen LogP contribution in [0.15, 0.2) is 24.5 Å². The molecule has 0 unspecified atom stereocenters. The summed E-state index contributed by atoms with van der Waals surface area (Å²) >= 11 is 0. The lowest BCUT2D eigenvalue weighted by atomic mass is 10.0. The maximum Gasteiger partial charge on any atom is 0.313 e. The number of hydrogen-bond acceptors (Lipinski definition) is 4. The molecule has 0 spiro atoms. The molecule has 0 bridgehead atoms. The average molecular weight is 263 g/mol. The van der Waals surface area contributed by atoms with Gasteiger partial charge in [-0.1, -0.05) is 12.8 Å². The van der Waals surface area contributed by atoms with Crippen LogP contribution in [0.4, 0.5) is 5.69 Å². The van der Waals surface area contributed by atoms with E-state index in [0.29, 0.717) is 18.5 Å². The van der Waals surface area contributed by atoms with Crippen LogP contribution in [0.1, 0.15) is 25.7 Å². The maximum atomic E-state index is 11.6. The van der Waals surface area contributed by atoms with Crippen molar-refractivity contribution in [1.29, 1.82) is 0 Å². The molecule has 0 aromatic carbocycles. The van der Waals surface area contributed by atoms with Crippen LogP contribution in [0.25, 0.3) is 0 Å². The van der Waals surface area contributed by atoms with Crippen molar-refractivity contribution in [2.75, 3.05) is 11.9 Å². The van der Waals surface area contributed by atoms with Crippen LogP contribution in [-0.2, 0) is 9.59 Å². The molecule has 0 aliphatic heterocycles. The highest BCUT2D eigenvalue weighted by Crippen LogP contribution is 2.28. The second-order valence-electron chi connectivity index (χ2n) is 4.81. The van der Waals surface area contributed by atoms with Crippen molar-refractivity contribution in [2.45, 2.75) is 31.3 Å². The molecule has 1 fully saturated rings. The maximum absolute atomic E-state index is 11.6. The van der Waals surface area contributed by atoms with Gasteiger partial charge in [0.2, 0.25) is 0 Å². The lowest BCUT2D eigenvalue weighted by molar-refractivity contribution is -0.136. The molecular weight excluding hydrogens is 246 g/mol. The highest BCUT2D eigenvalue weighted by Gasteiger charge is 2.31. The van der Waals surface area contributed by atoms with Crippen LogP contribution in [-0.4, -0.2) is 34.1 Å². The summed E-state index contributed by atoms with van der Waals surface area (Å²) in [6, 6.07) is 3.30. The predicted molar refractivity (Wildman–Crippen MR) is 69.3 cm³/mol. The molecule has 3 N–H and O–H groups in total. The molecule has 1 aromatic heterocycles. The number of carbonyl (C=O) groups is 2. The van der Waals surface area contributed by atoms with Gasteiger partial charge in [0.05, 0.1) is 17.5 Å². The number of hydrogen-bond donors (Lipinski definition) is 3. The van der Waals surface area contributed by atoms with Crippen molar-refractivity contribution in [1.82, 2.24) is 10.3 Å². The van der Waals surface area contributed by atoms with Gasteiger partial charge in [0.15, 0.2) is 0 Å². The first kappa shape index (κ1) is 13.5. The van der Waals surface area contributed by atoms with Gasteiger partial charge < -0.3 is 15.7 Å². The zero-order valence-electron chi connectivity index (χ0n) is 10.6. The average Bonchev–Trinajstić information content (AvgIpc) is 2.84. The van der Waals surface area contributed by atoms with Gasteiger partial charge in [0, 0.05) is 12.7 Å². The van der Waals surface area contributed by atoms with Crippen LogP contribution >= 0.6 is 0 Å². The van der Waals surface area contributed by atoms with Crippen LogP contribution in [0.2, 0.25) is 0 Å². The number of carbonyl (C=O) groups excluding carboxylic acids is 2. The lowest BCUT2D eigenvalue weighted by Crippen LogP contribution is -2.44. The van der Waals surface area contributed by atoms with Crippen molar-refractivity contribution in [2.24, 2.45) is 0 Å². The van der Waals surface area contributed by atoms with Crippen molar-refractivity contribution < 1.29 is 14.7 Å². The Balaban J connectivity index is 1.81. The van der Waals surface area contributed by atoms with Crippen LogP contribution in [0, 0.1) is 0 Å². The Kier molecular flexibility index (Phi) is 4.11. The minimum Gasteiger partial charge on any atom is -0.388 e. The zero-order chi connectivity index (χ0) is 13.7. The van der Waals surface area contributed by atoms with E-state index >= 15 is 0 Å². The van der Waals surface area contributed by atoms with E-state index in [4.69, 9.17) is 0 Å². The number of anilines is 1. The van der Waals surface area contributed by atoms with Gasteiger partial charge in [0.1, 0.15) is 0 Å². The fourth-order valence-electron chi connectivity index (χ4n) is 2.16. The molecule has 0 radical (unpaired) electrons. The molecule has 0 saturated heterocycles. The molecule has 6 nitrogen and oxygen atoms in total. The Labute approximate surface area is 111 Å². The minimum atomic E-state index is -0.857. The normalized spacial score (nSPS) is 16.9. The molecule has 6 heteroatoms. The number of nitrogens with one attached hydrogen (secondary N) is 2. The Hall–Kier alpha value is -1.95. The zero-order valence-corrected chi connectivity index (χ0v) is 10.6. The Morgan fingerprint density at radius 3 is 2.68 bits per heavy atom. The second-order valence-corrected chi connectivity index (χ2v) is 4.81. The molecular formula is C13H17N3O3. The predicted octanol–water partition coefficient (Wildman–Crippen LogP) is 0.441. The third kappa shape index (κ3) is 3.75. The van der Waals surface area contributed by atoms with Gasteiger partial charge in [-0.25, -0.2) is 0 Å². The van der Waals surface area contributed by atoms with Crippen LogP contribution in [0.3, 0.4) is 0 Å². The number of aliphatic hydroxyl groups is 1. The van der Waals surface area contributed by atoms with E-state index in [2.05, 4.69) is 15.6 Å². The summed E-state index contributed by atoms with van der Waals surface area (Å²) in [5.41, 5.74) is -0.397. The minimum absolute atomic E-state index is 0.117. The van der Waals surface area contributed by atoms with E-state index in [0.717, 1.165) is 12.8 Å². The summed E-state index contributed by atoms with van der Waals surface area (Å²) in [5, 5.41) is 15.0. The molecule has 2 amide bonds. The van der Waals surface area contributed by atoms with E-state index in [9.17, 15) is 14.7 Å². The van der Waals surface area contributed by atoms with Gasteiger partial charge in [-0.3, -0.25) is 14.6 Å². The fraction of sp³-hybridized carbons (Fsp3) is 0.462. The first-order valence-corrected chi connectivity index (χ1v) is 6.31. The standard InChI is InChI=1S/C13H17N3O3/c17-11(15-9-13(19)5-1-2-6-13)12(18)16-10-4-3-7-14-8-10/h3-4,7-8,19H,1-2,5-6,9H2,(H,15,17)(H,16,18). The van der Waals surface area contributed by atoms with Crippen molar-refractivity contribution in [3.8, 4) is 0 Å².